The van der Waals surface area contributed by atoms with Crippen molar-refractivity contribution < 1.29 is 9.90 Å². The molecule has 0 bridgehead atoms. The molecule has 0 aromatic heterocycles. The first-order valence-corrected chi connectivity index (χ1v) is 13.4. The van der Waals surface area contributed by atoms with Crippen LogP contribution in [0.4, 0.5) is 0 Å². The molecule has 4 nitrogen and oxygen atoms in total. The SMILES string of the molecule is CC(C)BC(C)(C)C(C)(CC(C)C(C)(C)C(C)(C#N)SC(=S)c1ccccc1)C(=O)NCCO. The van der Waals surface area contributed by atoms with E-state index in [2.05, 4.69) is 59.9 Å². The lowest BCUT2D eigenvalue weighted by Gasteiger charge is -2.50. The normalized spacial score (nSPS) is 16.6. The quantitative estimate of drug-likeness (QED) is 0.271. The predicted molar refractivity (Wildman–Crippen MR) is 152 cm³/mol. The van der Waals surface area contributed by atoms with Crippen molar-refractivity contribution in [1.82, 2.24) is 5.32 Å². The van der Waals surface area contributed by atoms with Crippen LogP contribution >= 0.6 is 24.0 Å². The first-order valence-electron chi connectivity index (χ1n) is 12.2. The number of rotatable bonds is 12. The highest BCUT2D eigenvalue weighted by atomic mass is 32.2. The van der Waals surface area contributed by atoms with E-state index in [4.69, 9.17) is 12.2 Å². The Morgan fingerprint density at radius 2 is 1.71 bits per heavy atom. The number of nitrogens with zero attached hydrogens (tertiary/aromatic N) is 1. The van der Waals surface area contributed by atoms with Crippen LogP contribution in [0.15, 0.2) is 30.3 Å². The molecule has 34 heavy (non-hydrogen) atoms. The molecule has 3 unspecified atom stereocenters. The van der Waals surface area contributed by atoms with E-state index in [1.165, 1.54) is 11.8 Å². The second kappa shape index (κ2) is 12.1. The van der Waals surface area contributed by atoms with Crippen molar-refractivity contribution in [2.75, 3.05) is 13.2 Å². The van der Waals surface area contributed by atoms with E-state index >= 15 is 0 Å². The van der Waals surface area contributed by atoms with E-state index in [9.17, 15) is 15.2 Å². The van der Waals surface area contributed by atoms with Gasteiger partial charge < -0.3 is 10.4 Å². The van der Waals surface area contributed by atoms with Crippen molar-refractivity contribution in [2.24, 2.45) is 16.7 Å². The van der Waals surface area contributed by atoms with Gasteiger partial charge in [0.25, 0.3) is 0 Å². The Labute approximate surface area is 217 Å². The van der Waals surface area contributed by atoms with Crippen LogP contribution in [0.3, 0.4) is 0 Å². The number of carbonyl (C=O) groups is 1. The summed E-state index contributed by atoms with van der Waals surface area (Å²) in [5.41, 5.74) is -0.180. The molecule has 2 N–H and O–H groups in total. The Bertz CT molecular complexity index is 882. The maximum atomic E-state index is 13.5. The molecule has 0 aliphatic rings. The molecular formula is C27H43BN2O2S2. The fourth-order valence-corrected chi connectivity index (χ4v) is 6.51. The number of carbonyl (C=O) groups excluding carboxylic acids is 1. The van der Waals surface area contributed by atoms with Crippen molar-refractivity contribution in [3.63, 3.8) is 0 Å². The topological polar surface area (TPSA) is 73.1 Å². The number of nitrogens with one attached hydrogen (secondary N) is 1. The van der Waals surface area contributed by atoms with Crippen LogP contribution in [0, 0.1) is 28.1 Å². The minimum absolute atomic E-state index is 0.0408. The highest BCUT2D eigenvalue weighted by Crippen LogP contribution is 2.56. The van der Waals surface area contributed by atoms with E-state index in [0.717, 1.165) is 12.8 Å². The van der Waals surface area contributed by atoms with Crippen LogP contribution < -0.4 is 5.32 Å². The Morgan fingerprint density at radius 3 is 2.18 bits per heavy atom. The summed E-state index contributed by atoms with van der Waals surface area (Å²) < 4.78 is -0.0854. The lowest BCUT2D eigenvalue weighted by Crippen LogP contribution is -2.52. The van der Waals surface area contributed by atoms with Gasteiger partial charge in [-0.15, -0.1) is 0 Å². The van der Waals surface area contributed by atoms with Gasteiger partial charge in [0.1, 0.15) is 12.0 Å². The molecule has 0 aliphatic carbocycles. The molecular weight excluding hydrogens is 459 g/mol. The van der Waals surface area contributed by atoms with E-state index < -0.39 is 15.6 Å². The van der Waals surface area contributed by atoms with Crippen molar-refractivity contribution >= 4 is 41.4 Å². The van der Waals surface area contributed by atoms with Crippen LogP contribution in [0.5, 0.6) is 0 Å². The average molecular weight is 503 g/mol. The van der Waals surface area contributed by atoms with E-state index in [0.29, 0.717) is 16.4 Å². The minimum Gasteiger partial charge on any atom is -0.395 e. The van der Waals surface area contributed by atoms with Gasteiger partial charge in [-0.05, 0) is 35.6 Å². The second-order valence-corrected chi connectivity index (χ2v) is 13.6. The zero-order chi connectivity index (χ0) is 26.4. The van der Waals surface area contributed by atoms with Crippen LogP contribution in [-0.2, 0) is 4.79 Å². The fraction of sp³-hybridized carbons (Fsp3) is 0.667. The standard InChI is InChI=1S/C27H43BN2O2S2/c1-19(2)28-25(6,7)26(8,23(32)30-15-16-31)17-20(3)24(4,5)27(9,18-29)34-22(33)21-13-11-10-12-14-21/h10-14,19-20,28,31H,15-17H2,1-9H3,(H,30,32). The second-order valence-electron chi connectivity index (χ2n) is 11.5. The lowest BCUT2D eigenvalue weighted by atomic mass is 9.38. The van der Waals surface area contributed by atoms with Gasteiger partial charge in [0.15, 0.2) is 0 Å². The minimum atomic E-state index is -0.788. The number of aliphatic hydroxyl groups is 1. The molecule has 7 heteroatoms. The van der Waals surface area contributed by atoms with E-state index in [1.807, 2.05) is 44.2 Å². The van der Waals surface area contributed by atoms with Crippen LogP contribution in [-0.4, -0.2) is 40.4 Å². The molecule has 188 valence electrons. The highest BCUT2D eigenvalue weighted by Gasteiger charge is 2.53. The zero-order valence-corrected chi connectivity index (χ0v) is 24.1. The molecule has 1 aromatic carbocycles. The van der Waals surface area contributed by atoms with Crippen LogP contribution in [0.25, 0.3) is 0 Å². The van der Waals surface area contributed by atoms with Gasteiger partial charge in [0.2, 0.25) is 5.91 Å². The number of hydrogen-bond donors (Lipinski definition) is 2. The van der Waals surface area contributed by atoms with Crippen molar-refractivity contribution in [3.8, 4) is 6.07 Å². The molecule has 1 rings (SSSR count). The first kappa shape index (κ1) is 30.7. The van der Waals surface area contributed by atoms with Gasteiger partial charge in [0, 0.05) is 12.0 Å². The number of amides is 1. The number of benzene rings is 1. The summed E-state index contributed by atoms with van der Waals surface area (Å²) in [4.78, 5) is 13.5. The predicted octanol–water partition coefficient (Wildman–Crippen LogP) is 6.01. The maximum absolute atomic E-state index is 13.5. The summed E-state index contributed by atoms with van der Waals surface area (Å²) in [6.07, 6.45) is 0.618. The van der Waals surface area contributed by atoms with Crippen molar-refractivity contribution in [1.29, 1.82) is 5.26 Å². The Morgan fingerprint density at radius 1 is 1.15 bits per heavy atom. The zero-order valence-electron chi connectivity index (χ0n) is 22.5. The highest BCUT2D eigenvalue weighted by molar-refractivity contribution is 8.24. The van der Waals surface area contributed by atoms with Gasteiger partial charge in [-0.25, -0.2) is 0 Å². The maximum Gasteiger partial charge on any atom is 0.225 e. The first-order chi connectivity index (χ1) is 15.6. The number of aliphatic hydroxyl groups excluding tert-OH is 1. The summed E-state index contributed by atoms with van der Waals surface area (Å²) in [5.74, 6) is 0.437. The fourth-order valence-electron chi connectivity index (χ4n) is 4.74. The van der Waals surface area contributed by atoms with Gasteiger partial charge >= 0.3 is 0 Å². The van der Waals surface area contributed by atoms with Crippen LogP contribution in [0.1, 0.15) is 74.3 Å². The molecule has 0 heterocycles. The summed E-state index contributed by atoms with van der Waals surface area (Å²) >= 11 is 7.16. The number of nitriles is 1. The third-order valence-electron chi connectivity index (χ3n) is 8.01. The largest absolute Gasteiger partial charge is 0.395 e. The molecule has 0 spiro atoms. The Hall–Kier alpha value is -1.36. The monoisotopic (exact) mass is 502 g/mol. The third-order valence-corrected chi connectivity index (χ3v) is 9.94. The van der Waals surface area contributed by atoms with Crippen molar-refractivity contribution in [2.45, 2.75) is 84.6 Å². The summed E-state index contributed by atoms with van der Waals surface area (Å²) in [6.45, 7) is 19.2. The lowest BCUT2D eigenvalue weighted by molar-refractivity contribution is -0.134. The Kier molecular flexibility index (Phi) is 10.9. The van der Waals surface area contributed by atoms with E-state index in [-0.39, 0.29) is 30.3 Å². The molecule has 3 atom stereocenters. The van der Waals surface area contributed by atoms with Gasteiger partial charge in [-0.1, -0.05) is 116 Å². The van der Waals surface area contributed by atoms with Gasteiger partial charge in [0.05, 0.1) is 16.9 Å². The van der Waals surface area contributed by atoms with Crippen molar-refractivity contribution in [3.05, 3.63) is 35.9 Å². The van der Waals surface area contributed by atoms with Gasteiger partial charge in [-0.2, -0.15) is 5.26 Å². The van der Waals surface area contributed by atoms with Crippen LogP contribution in [0.2, 0.25) is 11.1 Å². The number of thiocarbonyl (C=S) groups is 1. The molecule has 1 amide bonds. The molecule has 0 fully saturated rings. The number of thioether (sulfide) groups is 1. The molecule has 0 saturated carbocycles. The molecule has 0 saturated heterocycles. The summed E-state index contributed by atoms with van der Waals surface area (Å²) in [7, 11) is 0.894. The summed E-state index contributed by atoms with van der Waals surface area (Å²) in [6, 6.07) is 12.4. The van der Waals surface area contributed by atoms with E-state index in [1.54, 1.807) is 0 Å². The van der Waals surface area contributed by atoms with Gasteiger partial charge in [-0.3, -0.25) is 4.79 Å². The third kappa shape index (κ3) is 6.86. The molecule has 0 aliphatic heterocycles. The number of hydrogen-bond acceptors (Lipinski definition) is 5. The molecule has 0 radical (unpaired) electrons. The smallest absolute Gasteiger partial charge is 0.225 e. The Balaban J connectivity index is 3.32. The molecule has 1 aromatic rings. The summed E-state index contributed by atoms with van der Waals surface area (Å²) in [5, 5.41) is 22.3. The average Bonchev–Trinajstić information content (AvgIpc) is 2.76.